The predicted molar refractivity (Wildman–Crippen MR) is 85.7 cm³/mol. The maximum absolute atomic E-state index is 12.5. The van der Waals surface area contributed by atoms with Crippen LogP contribution in [0.5, 0.6) is 0 Å². The molecule has 0 aliphatic heterocycles. The summed E-state index contributed by atoms with van der Waals surface area (Å²) in [7, 11) is -1.71. The van der Waals surface area contributed by atoms with Gasteiger partial charge in [0.1, 0.15) is 4.87 Å². The zero-order chi connectivity index (χ0) is 14.3. The molecule has 2 nitrogen and oxygen atoms in total. The molecule has 0 aromatic carbocycles. The summed E-state index contributed by atoms with van der Waals surface area (Å²) < 4.78 is 6.52. The summed E-state index contributed by atoms with van der Waals surface area (Å²) in [5, 5.41) is 0.891. The quantitative estimate of drug-likeness (QED) is 0.528. The van der Waals surface area contributed by atoms with Crippen LogP contribution in [-0.4, -0.2) is 29.9 Å². The first-order valence-corrected chi connectivity index (χ1v) is 12.2. The third kappa shape index (κ3) is 2.58. The van der Waals surface area contributed by atoms with Gasteiger partial charge in [-0.15, -0.1) is 11.6 Å². The number of halogens is 2. The second kappa shape index (κ2) is 5.43. The Morgan fingerprint density at radius 1 is 1.42 bits per heavy atom. The van der Waals surface area contributed by atoms with Crippen molar-refractivity contribution in [3.63, 3.8) is 0 Å². The average molecular weight is 368 g/mol. The lowest BCUT2D eigenvalue weighted by atomic mass is 9.52. The number of carbonyl (C=O) groups excluding carboxylic acids is 1. The van der Waals surface area contributed by atoms with Gasteiger partial charge >= 0.3 is 0 Å². The maximum atomic E-state index is 12.5. The summed E-state index contributed by atoms with van der Waals surface area (Å²) in [5.41, 5.74) is -0.365. The molecule has 2 aliphatic carbocycles. The molecule has 3 atom stereocenters. The van der Waals surface area contributed by atoms with Gasteiger partial charge in [-0.2, -0.15) is 0 Å². The van der Waals surface area contributed by atoms with E-state index < -0.39 is 13.2 Å². The summed E-state index contributed by atoms with van der Waals surface area (Å²) >= 11 is 10.2. The molecule has 2 rings (SSSR count). The van der Waals surface area contributed by atoms with Crippen LogP contribution in [0, 0.1) is 5.92 Å². The average Bonchev–Trinajstić information content (AvgIpc) is 2.33. The minimum Gasteiger partial charge on any atom is -0.409 e. The molecule has 0 saturated heterocycles. The molecular formula is C14H24BrClO2Si. The van der Waals surface area contributed by atoms with E-state index in [1.54, 1.807) is 0 Å². The zero-order valence-electron chi connectivity index (χ0n) is 12.1. The van der Waals surface area contributed by atoms with E-state index in [2.05, 4.69) is 35.6 Å². The minimum atomic E-state index is -1.71. The van der Waals surface area contributed by atoms with Crippen LogP contribution in [-0.2, 0) is 9.22 Å². The zero-order valence-corrected chi connectivity index (χ0v) is 15.4. The Morgan fingerprint density at radius 2 is 2.11 bits per heavy atom. The van der Waals surface area contributed by atoms with E-state index in [0.717, 1.165) is 43.9 Å². The fourth-order valence-electron chi connectivity index (χ4n) is 3.76. The standard InChI is InChI=1S/C14H24BrClO2Si/c1-19(2,3)18-14-9-5-4-7-11(14)12(17)13(14,16)8-6-10-15/h11H,4-10H2,1-3H3/t11?,13-,14-/m1/s1. The van der Waals surface area contributed by atoms with Crippen molar-refractivity contribution in [2.45, 2.75) is 68.6 Å². The van der Waals surface area contributed by atoms with Gasteiger partial charge in [0.05, 0.1) is 5.60 Å². The van der Waals surface area contributed by atoms with Crippen molar-refractivity contribution in [3.05, 3.63) is 0 Å². The molecule has 0 heterocycles. The van der Waals surface area contributed by atoms with Gasteiger partial charge in [0.25, 0.3) is 0 Å². The molecule has 2 aliphatic rings. The SMILES string of the molecule is C[Si](C)(C)O[C@]12CCCCC1C(=O)[C@]2(Cl)CCCBr. The number of carbonyl (C=O) groups is 1. The molecular weight excluding hydrogens is 344 g/mol. The van der Waals surface area contributed by atoms with Crippen molar-refractivity contribution < 1.29 is 9.22 Å². The van der Waals surface area contributed by atoms with Gasteiger partial charge in [-0.1, -0.05) is 28.8 Å². The smallest absolute Gasteiger partial charge is 0.184 e. The maximum Gasteiger partial charge on any atom is 0.184 e. The fraction of sp³-hybridized carbons (Fsp3) is 0.929. The van der Waals surface area contributed by atoms with Gasteiger partial charge in [0.15, 0.2) is 14.1 Å². The first-order valence-electron chi connectivity index (χ1n) is 7.26. The summed E-state index contributed by atoms with van der Waals surface area (Å²) in [5.74, 6) is 0.300. The van der Waals surface area contributed by atoms with Gasteiger partial charge in [-0.25, -0.2) is 0 Å². The minimum absolute atomic E-state index is 0.0563. The Labute approximate surface area is 130 Å². The third-order valence-corrected chi connectivity index (χ3v) is 6.61. The van der Waals surface area contributed by atoms with E-state index in [0.29, 0.717) is 0 Å². The molecule has 0 amide bonds. The van der Waals surface area contributed by atoms with Crippen molar-refractivity contribution in [1.29, 1.82) is 0 Å². The van der Waals surface area contributed by atoms with Crippen LogP contribution in [0.2, 0.25) is 19.6 Å². The number of hydrogen-bond donors (Lipinski definition) is 0. The lowest BCUT2D eigenvalue weighted by Gasteiger charge is -2.63. The number of Topliss-reactive ketones (excluding diaryl/α,β-unsaturated/α-hetero) is 1. The van der Waals surface area contributed by atoms with Crippen LogP contribution in [0.1, 0.15) is 38.5 Å². The Bertz CT molecular complexity index is 371. The van der Waals surface area contributed by atoms with Crippen molar-refractivity contribution in [1.82, 2.24) is 0 Å². The Balaban J connectivity index is 2.28. The monoisotopic (exact) mass is 366 g/mol. The highest BCUT2D eigenvalue weighted by Crippen LogP contribution is 2.60. The van der Waals surface area contributed by atoms with E-state index >= 15 is 0 Å². The Kier molecular flexibility index (Phi) is 4.57. The van der Waals surface area contributed by atoms with Crippen LogP contribution >= 0.6 is 27.5 Å². The Hall–Kier alpha value is 0.617. The first kappa shape index (κ1) is 16.0. The van der Waals surface area contributed by atoms with Crippen LogP contribution in [0.4, 0.5) is 0 Å². The van der Waals surface area contributed by atoms with E-state index in [1.165, 1.54) is 0 Å². The van der Waals surface area contributed by atoms with Gasteiger partial charge in [-0.05, 0) is 45.3 Å². The number of rotatable bonds is 5. The number of ketones is 1. The molecule has 0 spiro atoms. The fourth-order valence-corrected chi connectivity index (χ4v) is 6.15. The summed E-state index contributed by atoms with van der Waals surface area (Å²) in [4.78, 5) is 11.7. The molecule has 2 saturated carbocycles. The largest absolute Gasteiger partial charge is 0.409 e. The van der Waals surface area contributed by atoms with Crippen LogP contribution in [0.3, 0.4) is 0 Å². The summed E-state index contributed by atoms with van der Waals surface area (Å²) in [6.07, 6.45) is 5.86. The summed E-state index contributed by atoms with van der Waals surface area (Å²) in [6.45, 7) is 6.58. The van der Waals surface area contributed by atoms with Gasteiger partial charge < -0.3 is 4.43 Å². The Morgan fingerprint density at radius 3 is 2.68 bits per heavy atom. The topological polar surface area (TPSA) is 26.3 Å². The lowest BCUT2D eigenvalue weighted by Crippen LogP contribution is -2.77. The highest BCUT2D eigenvalue weighted by molar-refractivity contribution is 9.09. The lowest BCUT2D eigenvalue weighted by molar-refractivity contribution is -0.174. The first-order chi connectivity index (χ1) is 8.77. The van der Waals surface area contributed by atoms with E-state index in [1.807, 2.05) is 0 Å². The van der Waals surface area contributed by atoms with Crippen LogP contribution in [0.15, 0.2) is 0 Å². The highest BCUT2D eigenvalue weighted by Gasteiger charge is 2.72. The van der Waals surface area contributed by atoms with Crippen molar-refractivity contribution in [2.75, 3.05) is 5.33 Å². The van der Waals surface area contributed by atoms with Crippen molar-refractivity contribution >= 4 is 41.6 Å². The molecule has 2 fully saturated rings. The summed E-state index contributed by atoms with van der Waals surface area (Å²) in [6, 6.07) is 0. The number of alkyl halides is 2. The second-order valence-corrected chi connectivity index (χ2v) is 12.7. The molecule has 0 radical (unpaired) electrons. The van der Waals surface area contributed by atoms with Crippen molar-refractivity contribution in [2.24, 2.45) is 5.92 Å². The van der Waals surface area contributed by atoms with Crippen LogP contribution in [0.25, 0.3) is 0 Å². The normalized spacial score (nSPS) is 38.8. The molecule has 5 heteroatoms. The molecule has 0 bridgehead atoms. The highest BCUT2D eigenvalue weighted by atomic mass is 79.9. The molecule has 19 heavy (non-hydrogen) atoms. The second-order valence-electron chi connectivity index (χ2n) is 6.86. The number of fused-ring (bicyclic) bond motifs is 1. The van der Waals surface area contributed by atoms with E-state index in [-0.39, 0.29) is 17.3 Å². The van der Waals surface area contributed by atoms with Gasteiger partial charge in [-0.3, -0.25) is 4.79 Å². The number of hydrogen-bond acceptors (Lipinski definition) is 2. The third-order valence-electron chi connectivity index (χ3n) is 4.37. The van der Waals surface area contributed by atoms with Crippen molar-refractivity contribution in [3.8, 4) is 0 Å². The molecule has 0 aromatic heterocycles. The van der Waals surface area contributed by atoms with Gasteiger partial charge in [0, 0.05) is 11.2 Å². The van der Waals surface area contributed by atoms with E-state index in [4.69, 9.17) is 16.0 Å². The molecule has 1 unspecified atom stereocenters. The molecule has 0 N–H and O–H groups in total. The molecule has 0 aromatic rings. The van der Waals surface area contributed by atoms with E-state index in [9.17, 15) is 4.79 Å². The predicted octanol–water partition coefficient (Wildman–Crippen LogP) is 4.50. The van der Waals surface area contributed by atoms with Crippen LogP contribution < -0.4 is 0 Å². The molecule has 110 valence electrons. The van der Waals surface area contributed by atoms with Gasteiger partial charge in [0.2, 0.25) is 0 Å².